The van der Waals surface area contributed by atoms with Crippen molar-refractivity contribution >= 4 is 23.8 Å². The number of Topliss-reactive ketones (excluding diaryl/α,β-unsaturated/α-hetero) is 1. The van der Waals surface area contributed by atoms with Crippen molar-refractivity contribution in [3.8, 4) is 0 Å². The summed E-state index contributed by atoms with van der Waals surface area (Å²) < 4.78 is 5.22. The van der Waals surface area contributed by atoms with Crippen molar-refractivity contribution in [2.75, 3.05) is 6.54 Å². The molecule has 0 aromatic heterocycles. The highest BCUT2D eigenvalue weighted by Crippen LogP contribution is 2.71. The molecule has 10 unspecified atom stereocenters. The van der Waals surface area contributed by atoms with E-state index in [0.717, 1.165) is 38.5 Å². The largest absolute Gasteiger partial charge is 0.480 e. The minimum Gasteiger partial charge on any atom is -0.480 e. The molecule has 8 nitrogen and oxygen atoms in total. The van der Waals surface area contributed by atoms with Gasteiger partial charge in [0.1, 0.15) is 17.4 Å². The molecule has 4 aliphatic carbocycles. The van der Waals surface area contributed by atoms with E-state index in [-0.39, 0.29) is 40.4 Å². The highest BCUT2D eigenvalue weighted by Gasteiger charge is 2.65. The van der Waals surface area contributed by atoms with Crippen LogP contribution in [0.2, 0.25) is 0 Å². The number of amides is 2. The maximum atomic E-state index is 14.0. The number of hydrogen-bond acceptors (Lipinski definition) is 5. The van der Waals surface area contributed by atoms with Crippen molar-refractivity contribution in [3.63, 3.8) is 0 Å². The number of carboxylic acid groups (broad SMARTS) is 1. The Morgan fingerprint density at radius 3 is 2.27 bits per heavy atom. The smallest absolute Gasteiger partial charge is 0.408 e. The molecule has 4 saturated carbocycles. The molecule has 2 amide bonds. The van der Waals surface area contributed by atoms with Gasteiger partial charge in [0.05, 0.1) is 0 Å². The van der Waals surface area contributed by atoms with E-state index < -0.39 is 23.7 Å². The summed E-state index contributed by atoms with van der Waals surface area (Å²) in [6, 6.07) is -1.04. The number of ether oxygens (including phenoxy) is 1. The third-order valence-corrected chi connectivity index (χ3v) is 13.8. The average molecular weight is 671 g/mol. The van der Waals surface area contributed by atoms with E-state index in [1.165, 1.54) is 18.4 Å². The molecule has 4 fully saturated rings. The first-order valence-corrected chi connectivity index (χ1v) is 19.0. The van der Waals surface area contributed by atoms with Crippen LogP contribution in [0.1, 0.15) is 139 Å². The van der Waals surface area contributed by atoms with Gasteiger partial charge >= 0.3 is 12.1 Å². The number of nitrogens with one attached hydrogen (secondary N) is 2. The van der Waals surface area contributed by atoms with Crippen LogP contribution >= 0.6 is 0 Å². The quantitative estimate of drug-likeness (QED) is 0.150. The van der Waals surface area contributed by atoms with Gasteiger partial charge in [-0.25, -0.2) is 9.59 Å². The Bertz CT molecular complexity index is 1240. The second-order valence-electron chi connectivity index (χ2n) is 18.1. The van der Waals surface area contributed by atoms with Crippen LogP contribution in [0.5, 0.6) is 0 Å². The third kappa shape index (κ3) is 7.52. The van der Waals surface area contributed by atoms with Crippen LogP contribution in [0.25, 0.3) is 0 Å². The Hall–Kier alpha value is -2.38. The van der Waals surface area contributed by atoms with E-state index in [1.807, 2.05) is 0 Å². The van der Waals surface area contributed by atoms with E-state index in [2.05, 4.69) is 58.8 Å². The maximum absolute atomic E-state index is 14.0. The van der Waals surface area contributed by atoms with Crippen molar-refractivity contribution in [1.82, 2.24) is 10.6 Å². The Labute approximate surface area is 290 Å². The molecule has 0 aromatic carbocycles. The highest BCUT2D eigenvalue weighted by atomic mass is 16.6. The molecule has 0 saturated heterocycles. The van der Waals surface area contributed by atoms with Crippen LogP contribution in [-0.2, 0) is 19.1 Å². The van der Waals surface area contributed by atoms with Gasteiger partial charge < -0.3 is 20.5 Å². The summed E-state index contributed by atoms with van der Waals surface area (Å²) in [6.07, 6.45) is 9.96. The normalized spacial score (nSPS) is 35.6. The van der Waals surface area contributed by atoms with Gasteiger partial charge in [-0.1, -0.05) is 46.8 Å². The average Bonchev–Trinajstić information content (AvgIpc) is 2.97. The van der Waals surface area contributed by atoms with Gasteiger partial charge in [-0.3, -0.25) is 9.59 Å². The standard InChI is InChI=1S/C40H66N2O6/c1-11-25(24(2)3)33-26-16-18-31-39(9,21-19-30-38(7,8)32(43)20-22-40(30,31)10)28(26)17-15-27(33)34(44)41-23-13-12-14-29(35(45)46)42-36(47)48-37(4,5)6/h25-31,33H,2,11-23H2,1,3-10H3,(H,41,44)(H,42,47)(H,45,46). The lowest BCUT2D eigenvalue weighted by Crippen LogP contribution is -2.62. The molecule has 272 valence electrons. The first kappa shape index (κ1) is 38.4. The first-order chi connectivity index (χ1) is 22.3. The SMILES string of the molecule is C=C(C)C(CC)C1C(C(=O)NCCCCC(NC(=O)OC(C)(C)C)C(=O)O)CCC2C1CCC1C2(C)CCC2C(C)(C)C(=O)CCC21C. The number of fused-ring (bicyclic) bond motifs is 5. The van der Waals surface area contributed by atoms with Crippen molar-refractivity contribution in [2.24, 2.45) is 57.7 Å². The molecule has 4 aliphatic rings. The van der Waals surface area contributed by atoms with Crippen LogP contribution in [0.4, 0.5) is 4.79 Å². The fourth-order valence-corrected chi connectivity index (χ4v) is 11.8. The summed E-state index contributed by atoms with van der Waals surface area (Å²) in [5, 5.41) is 15.3. The predicted octanol–water partition coefficient (Wildman–Crippen LogP) is 8.33. The van der Waals surface area contributed by atoms with Crippen LogP contribution in [0.3, 0.4) is 0 Å². The van der Waals surface area contributed by atoms with Gasteiger partial charge in [0.15, 0.2) is 0 Å². The molecule has 8 heteroatoms. The molecular weight excluding hydrogens is 604 g/mol. The molecule has 0 heterocycles. The number of aliphatic carboxylic acids is 1. The molecule has 0 radical (unpaired) electrons. The van der Waals surface area contributed by atoms with E-state index in [4.69, 9.17) is 4.74 Å². The maximum Gasteiger partial charge on any atom is 0.408 e. The Kier molecular flexibility index (Phi) is 11.6. The molecule has 3 N–H and O–H groups in total. The van der Waals surface area contributed by atoms with Gasteiger partial charge in [-0.2, -0.15) is 0 Å². The van der Waals surface area contributed by atoms with Crippen molar-refractivity contribution in [3.05, 3.63) is 12.2 Å². The van der Waals surface area contributed by atoms with Crippen LogP contribution in [0, 0.1) is 57.7 Å². The Morgan fingerprint density at radius 1 is 0.979 bits per heavy atom. The molecule has 4 rings (SSSR count). The summed E-state index contributed by atoms with van der Waals surface area (Å²) in [6.45, 7) is 24.0. The molecule has 0 aliphatic heterocycles. The van der Waals surface area contributed by atoms with E-state index in [9.17, 15) is 24.3 Å². The van der Waals surface area contributed by atoms with Gasteiger partial charge in [0.2, 0.25) is 5.91 Å². The lowest BCUT2D eigenvalue weighted by atomic mass is 9.36. The lowest BCUT2D eigenvalue weighted by Gasteiger charge is -2.68. The number of hydrogen-bond donors (Lipinski definition) is 3. The second-order valence-corrected chi connectivity index (χ2v) is 18.1. The van der Waals surface area contributed by atoms with Crippen LogP contribution in [-0.4, -0.2) is 47.0 Å². The first-order valence-electron chi connectivity index (χ1n) is 19.0. The van der Waals surface area contributed by atoms with Crippen LogP contribution in [0.15, 0.2) is 12.2 Å². The van der Waals surface area contributed by atoms with Crippen LogP contribution < -0.4 is 10.6 Å². The summed E-state index contributed by atoms with van der Waals surface area (Å²) in [7, 11) is 0. The van der Waals surface area contributed by atoms with Gasteiger partial charge in [-0.05, 0) is 145 Å². The molecule has 10 atom stereocenters. The lowest BCUT2D eigenvalue weighted by molar-refractivity contribution is -0.195. The highest BCUT2D eigenvalue weighted by molar-refractivity contribution is 5.85. The predicted molar refractivity (Wildman–Crippen MR) is 189 cm³/mol. The zero-order valence-corrected chi connectivity index (χ0v) is 31.5. The minimum absolute atomic E-state index is 0.0631. The Morgan fingerprint density at radius 2 is 1.67 bits per heavy atom. The molecule has 0 spiro atoms. The molecule has 48 heavy (non-hydrogen) atoms. The van der Waals surface area contributed by atoms with E-state index >= 15 is 0 Å². The summed E-state index contributed by atoms with van der Waals surface area (Å²) >= 11 is 0. The summed E-state index contributed by atoms with van der Waals surface area (Å²) in [5.41, 5.74) is 0.609. The summed E-state index contributed by atoms with van der Waals surface area (Å²) in [4.78, 5) is 50.9. The number of carboxylic acids is 1. The fraction of sp³-hybridized carbons (Fsp3) is 0.850. The Balaban J connectivity index is 1.43. The molecular formula is C40H66N2O6. The number of rotatable bonds is 11. The zero-order chi connectivity index (χ0) is 35.8. The molecule has 0 bridgehead atoms. The monoisotopic (exact) mass is 670 g/mol. The van der Waals surface area contributed by atoms with Gasteiger partial charge in [0.25, 0.3) is 0 Å². The van der Waals surface area contributed by atoms with Gasteiger partial charge in [-0.15, -0.1) is 0 Å². The number of carbonyl (C=O) groups is 4. The minimum atomic E-state index is -1.10. The van der Waals surface area contributed by atoms with Crippen molar-refractivity contribution < 1.29 is 29.0 Å². The zero-order valence-electron chi connectivity index (χ0n) is 31.5. The van der Waals surface area contributed by atoms with E-state index in [1.54, 1.807) is 20.8 Å². The number of alkyl carbamates (subject to hydrolysis) is 1. The number of allylic oxidation sites excluding steroid dienone is 1. The number of unbranched alkanes of at least 4 members (excludes halogenated alkanes) is 1. The van der Waals surface area contributed by atoms with E-state index in [0.29, 0.717) is 61.2 Å². The van der Waals surface area contributed by atoms with Gasteiger partial charge in [0, 0.05) is 24.3 Å². The topological polar surface area (TPSA) is 122 Å². The fourth-order valence-electron chi connectivity index (χ4n) is 11.8. The molecule has 0 aromatic rings. The second kappa shape index (κ2) is 14.5. The number of ketones is 1. The van der Waals surface area contributed by atoms with Crippen molar-refractivity contribution in [1.29, 1.82) is 0 Å². The summed E-state index contributed by atoms with van der Waals surface area (Å²) in [5.74, 6) is 2.05. The number of carbonyl (C=O) groups excluding carboxylic acids is 3. The van der Waals surface area contributed by atoms with Crippen molar-refractivity contribution in [2.45, 2.75) is 151 Å². The third-order valence-electron chi connectivity index (χ3n) is 13.8.